The molecule has 1 aliphatic carbocycles. The zero-order chi connectivity index (χ0) is 8.48. The quantitative estimate of drug-likeness (QED) is 0.517. The molecular formula is C10H13N. The minimum absolute atomic E-state index is 0.241. The molecule has 0 aromatic carbocycles. The van der Waals surface area contributed by atoms with Crippen LogP contribution in [0.25, 0.3) is 0 Å². The van der Waals surface area contributed by atoms with Crippen molar-refractivity contribution in [3.63, 3.8) is 0 Å². The average molecular weight is 147 g/mol. The number of hydrogen-bond acceptors (Lipinski definition) is 1. The lowest BCUT2D eigenvalue weighted by atomic mass is 9.80. The second-order valence-electron chi connectivity index (χ2n) is 3.80. The van der Waals surface area contributed by atoms with E-state index < -0.39 is 0 Å². The molecule has 0 amide bonds. The Morgan fingerprint density at radius 2 is 2.18 bits per heavy atom. The van der Waals surface area contributed by atoms with Crippen molar-refractivity contribution in [1.29, 1.82) is 5.26 Å². The third kappa shape index (κ3) is 1.71. The van der Waals surface area contributed by atoms with E-state index in [1.165, 1.54) is 5.57 Å². The smallest absolute Gasteiger partial charge is 0.0990 e. The van der Waals surface area contributed by atoms with Gasteiger partial charge in [-0.05, 0) is 24.8 Å². The van der Waals surface area contributed by atoms with E-state index in [2.05, 4.69) is 26.0 Å². The molecule has 0 saturated carbocycles. The fourth-order valence-electron chi connectivity index (χ4n) is 1.42. The van der Waals surface area contributed by atoms with Gasteiger partial charge in [-0.2, -0.15) is 5.26 Å². The Balaban J connectivity index is 2.93. The summed E-state index contributed by atoms with van der Waals surface area (Å²) in [5.74, 6) is 0. The number of rotatable bonds is 0. The van der Waals surface area contributed by atoms with Gasteiger partial charge in [-0.15, -0.1) is 0 Å². The van der Waals surface area contributed by atoms with Gasteiger partial charge in [-0.25, -0.2) is 0 Å². The summed E-state index contributed by atoms with van der Waals surface area (Å²) in [7, 11) is 0. The molecule has 0 radical (unpaired) electrons. The van der Waals surface area contributed by atoms with Crippen molar-refractivity contribution in [3.8, 4) is 6.07 Å². The summed E-state index contributed by atoms with van der Waals surface area (Å²) in [6, 6.07) is 2.18. The predicted molar refractivity (Wildman–Crippen MR) is 45.9 cm³/mol. The van der Waals surface area contributed by atoms with Crippen molar-refractivity contribution >= 4 is 0 Å². The molecular weight excluding hydrogens is 134 g/mol. The van der Waals surface area contributed by atoms with E-state index in [0.717, 1.165) is 12.0 Å². The van der Waals surface area contributed by atoms with Crippen LogP contribution in [-0.2, 0) is 0 Å². The van der Waals surface area contributed by atoms with Crippen molar-refractivity contribution in [3.05, 3.63) is 23.3 Å². The summed E-state index contributed by atoms with van der Waals surface area (Å²) in [6.45, 7) is 6.39. The van der Waals surface area contributed by atoms with E-state index in [4.69, 9.17) is 5.26 Å². The highest BCUT2D eigenvalue weighted by atomic mass is 14.3. The molecule has 0 aromatic heterocycles. The van der Waals surface area contributed by atoms with Crippen LogP contribution in [0.4, 0.5) is 0 Å². The molecule has 0 unspecified atom stereocenters. The van der Waals surface area contributed by atoms with Gasteiger partial charge in [0.1, 0.15) is 0 Å². The molecule has 1 rings (SSSR count). The second kappa shape index (κ2) is 2.54. The van der Waals surface area contributed by atoms with Gasteiger partial charge >= 0.3 is 0 Å². The first kappa shape index (κ1) is 8.07. The first-order valence-electron chi connectivity index (χ1n) is 3.84. The van der Waals surface area contributed by atoms with Crippen LogP contribution >= 0.6 is 0 Å². The van der Waals surface area contributed by atoms with Gasteiger partial charge in [0.2, 0.25) is 0 Å². The zero-order valence-electron chi connectivity index (χ0n) is 7.31. The largest absolute Gasteiger partial charge is 0.192 e. The third-order valence-corrected chi connectivity index (χ3v) is 2.00. The Bertz CT molecular complexity index is 261. The van der Waals surface area contributed by atoms with Gasteiger partial charge in [0, 0.05) is 0 Å². The maximum atomic E-state index is 8.67. The Kier molecular flexibility index (Phi) is 1.87. The number of hydrogen-bond donors (Lipinski definition) is 0. The van der Waals surface area contributed by atoms with Gasteiger partial charge in [0.15, 0.2) is 0 Å². The highest BCUT2D eigenvalue weighted by Gasteiger charge is 2.19. The third-order valence-electron chi connectivity index (χ3n) is 2.00. The Labute approximate surface area is 68.0 Å². The van der Waals surface area contributed by atoms with Gasteiger partial charge < -0.3 is 0 Å². The Morgan fingerprint density at radius 3 is 2.64 bits per heavy atom. The molecule has 1 heteroatoms. The van der Waals surface area contributed by atoms with E-state index in [9.17, 15) is 0 Å². The fraction of sp³-hybridized carbons (Fsp3) is 0.500. The van der Waals surface area contributed by atoms with Gasteiger partial charge in [0.25, 0.3) is 0 Å². The van der Waals surface area contributed by atoms with E-state index in [-0.39, 0.29) is 5.41 Å². The summed E-state index contributed by atoms with van der Waals surface area (Å²) in [6.07, 6.45) is 5.05. The van der Waals surface area contributed by atoms with E-state index in [1.807, 2.05) is 13.0 Å². The first-order chi connectivity index (χ1) is 5.05. The molecule has 1 nitrogen and oxygen atoms in total. The summed E-state index contributed by atoms with van der Waals surface area (Å²) in [5.41, 5.74) is 2.29. The highest BCUT2D eigenvalue weighted by Crippen LogP contribution is 2.32. The molecule has 0 saturated heterocycles. The minimum atomic E-state index is 0.241. The Hall–Kier alpha value is -1.03. The summed E-state index contributed by atoms with van der Waals surface area (Å²) >= 11 is 0. The van der Waals surface area contributed by atoms with Crippen LogP contribution in [0.2, 0.25) is 0 Å². The lowest BCUT2D eigenvalue weighted by molar-refractivity contribution is 0.468. The molecule has 0 heterocycles. The van der Waals surface area contributed by atoms with Crippen LogP contribution in [0.15, 0.2) is 23.3 Å². The summed E-state index contributed by atoms with van der Waals surface area (Å²) in [5, 5.41) is 8.67. The average Bonchev–Trinajstić information content (AvgIpc) is 1.86. The second-order valence-corrected chi connectivity index (χ2v) is 3.80. The summed E-state index contributed by atoms with van der Waals surface area (Å²) in [4.78, 5) is 0. The topological polar surface area (TPSA) is 23.8 Å². The van der Waals surface area contributed by atoms with E-state index >= 15 is 0 Å². The molecule has 0 bridgehead atoms. The van der Waals surface area contributed by atoms with Crippen molar-refractivity contribution in [2.75, 3.05) is 0 Å². The lowest BCUT2D eigenvalue weighted by Crippen LogP contribution is -2.11. The maximum Gasteiger partial charge on any atom is 0.0990 e. The Morgan fingerprint density at radius 1 is 1.55 bits per heavy atom. The van der Waals surface area contributed by atoms with Crippen molar-refractivity contribution in [1.82, 2.24) is 0 Å². The van der Waals surface area contributed by atoms with Crippen molar-refractivity contribution in [2.45, 2.75) is 27.2 Å². The molecule has 0 spiro atoms. The zero-order valence-corrected chi connectivity index (χ0v) is 7.31. The predicted octanol–water partition coefficient (Wildman–Crippen LogP) is 2.81. The first-order valence-corrected chi connectivity index (χ1v) is 3.84. The van der Waals surface area contributed by atoms with Crippen LogP contribution in [0.5, 0.6) is 0 Å². The highest BCUT2D eigenvalue weighted by molar-refractivity contribution is 5.41. The monoisotopic (exact) mass is 147 g/mol. The van der Waals surface area contributed by atoms with Crippen LogP contribution in [0, 0.1) is 16.7 Å². The van der Waals surface area contributed by atoms with Crippen molar-refractivity contribution in [2.24, 2.45) is 5.41 Å². The lowest BCUT2D eigenvalue weighted by Gasteiger charge is -2.24. The molecule has 0 aromatic rings. The SMILES string of the molecule is CC1=C(C#N)C=CC(C)(C)C1. The van der Waals surface area contributed by atoms with Gasteiger partial charge in [0.05, 0.1) is 11.6 Å². The number of nitrogens with zero attached hydrogens (tertiary/aromatic N) is 1. The van der Waals surface area contributed by atoms with Gasteiger partial charge in [-0.1, -0.05) is 25.5 Å². The number of allylic oxidation sites excluding steroid dienone is 4. The van der Waals surface area contributed by atoms with Crippen LogP contribution < -0.4 is 0 Å². The maximum absolute atomic E-state index is 8.67. The standard InChI is InChI=1S/C10H13N/c1-8-6-10(2,3)5-4-9(8)7-11/h4-5H,6H2,1-3H3. The molecule has 0 atom stereocenters. The van der Waals surface area contributed by atoms with Gasteiger partial charge in [-0.3, -0.25) is 0 Å². The molecule has 0 aliphatic heterocycles. The molecule has 0 N–H and O–H groups in total. The van der Waals surface area contributed by atoms with Crippen LogP contribution in [-0.4, -0.2) is 0 Å². The van der Waals surface area contributed by atoms with E-state index in [0.29, 0.717) is 0 Å². The molecule has 1 aliphatic rings. The van der Waals surface area contributed by atoms with Crippen molar-refractivity contribution < 1.29 is 0 Å². The fourth-order valence-corrected chi connectivity index (χ4v) is 1.42. The summed E-state index contributed by atoms with van der Waals surface area (Å²) < 4.78 is 0. The molecule has 58 valence electrons. The minimum Gasteiger partial charge on any atom is -0.192 e. The number of nitriles is 1. The van der Waals surface area contributed by atoms with E-state index in [1.54, 1.807) is 0 Å². The molecule has 0 fully saturated rings. The van der Waals surface area contributed by atoms with Crippen LogP contribution in [0.1, 0.15) is 27.2 Å². The normalized spacial score (nSPS) is 21.6. The van der Waals surface area contributed by atoms with Crippen LogP contribution in [0.3, 0.4) is 0 Å². The molecule has 11 heavy (non-hydrogen) atoms.